The van der Waals surface area contributed by atoms with Gasteiger partial charge < -0.3 is 15.8 Å². The Morgan fingerprint density at radius 3 is 2.26 bits per heavy atom. The summed E-state index contributed by atoms with van der Waals surface area (Å²) < 4.78 is 0. The van der Waals surface area contributed by atoms with Gasteiger partial charge in [0.15, 0.2) is 5.78 Å². The van der Waals surface area contributed by atoms with Crippen molar-refractivity contribution in [2.45, 2.75) is 20.8 Å². The molecule has 0 aliphatic heterocycles. The van der Waals surface area contributed by atoms with Crippen molar-refractivity contribution in [3.8, 4) is 5.75 Å². The van der Waals surface area contributed by atoms with Crippen molar-refractivity contribution in [1.29, 1.82) is 5.41 Å². The summed E-state index contributed by atoms with van der Waals surface area (Å²) in [7, 11) is 0. The quantitative estimate of drug-likeness (QED) is 0.321. The number of nitrogens with one attached hydrogen (secondary N) is 2. The maximum atomic E-state index is 12.8. The molecule has 0 aliphatic carbocycles. The standard InChI is InChI=1S/C22H17Cl2N3O3.CH4/c1-12(25)13-2-4-14(5-3-13)19(28)10-17-18(8-16(24)9-20(17)29)22(30)27-21-7-6-15(23)11-26-21;/h2-9,11,25,29H,10H2,1H3,(H,26,27,30);1H4. The van der Waals surface area contributed by atoms with Gasteiger partial charge in [0.1, 0.15) is 11.6 Å². The Hall–Kier alpha value is -3.22. The SMILES string of the molecule is C.CC(=N)c1ccc(C(=O)Cc2c(O)cc(Cl)cc2C(=O)Nc2ccc(Cl)cn2)cc1. The zero-order chi connectivity index (χ0) is 21.8. The molecule has 0 saturated carbocycles. The fourth-order valence-corrected chi connectivity index (χ4v) is 3.14. The molecule has 1 heterocycles. The number of phenolic OH excluding ortho intramolecular Hbond substituents is 1. The molecule has 0 bridgehead atoms. The van der Waals surface area contributed by atoms with Gasteiger partial charge in [0.05, 0.1) is 5.02 Å². The fourth-order valence-electron chi connectivity index (χ4n) is 2.81. The molecule has 3 rings (SSSR count). The van der Waals surface area contributed by atoms with Crippen LogP contribution in [0.3, 0.4) is 0 Å². The summed E-state index contributed by atoms with van der Waals surface area (Å²) in [6, 6.07) is 12.3. The molecule has 0 unspecified atom stereocenters. The fraction of sp³-hybridized carbons (Fsp3) is 0.130. The minimum Gasteiger partial charge on any atom is -0.508 e. The van der Waals surface area contributed by atoms with Crippen LogP contribution in [0.5, 0.6) is 5.75 Å². The van der Waals surface area contributed by atoms with E-state index in [-0.39, 0.29) is 47.3 Å². The zero-order valence-electron chi connectivity index (χ0n) is 15.9. The maximum absolute atomic E-state index is 12.8. The van der Waals surface area contributed by atoms with Crippen molar-refractivity contribution in [3.05, 3.63) is 87.0 Å². The number of rotatable bonds is 6. The number of aromatic hydroxyl groups is 1. The minimum atomic E-state index is -0.569. The number of amides is 1. The monoisotopic (exact) mass is 457 g/mol. The first kappa shape index (κ1) is 24.1. The Morgan fingerprint density at radius 1 is 1.03 bits per heavy atom. The van der Waals surface area contributed by atoms with E-state index in [1.807, 2.05) is 0 Å². The van der Waals surface area contributed by atoms with Crippen LogP contribution in [0.1, 0.15) is 46.2 Å². The van der Waals surface area contributed by atoms with Gasteiger partial charge in [-0.1, -0.05) is 54.9 Å². The van der Waals surface area contributed by atoms with Crippen LogP contribution in [0.4, 0.5) is 5.82 Å². The lowest BCUT2D eigenvalue weighted by Gasteiger charge is -2.12. The van der Waals surface area contributed by atoms with E-state index >= 15 is 0 Å². The van der Waals surface area contributed by atoms with Crippen LogP contribution >= 0.6 is 23.2 Å². The lowest BCUT2D eigenvalue weighted by Crippen LogP contribution is -2.17. The van der Waals surface area contributed by atoms with Gasteiger partial charge in [-0.05, 0) is 36.8 Å². The van der Waals surface area contributed by atoms with E-state index in [0.717, 1.165) is 0 Å². The topological polar surface area (TPSA) is 103 Å². The third-order valence-electron chi connectivity index (χ3n) is 4.38. The van der Waals surface area contributed by atoms with Crippen LogP contribution in [0, 0.1) is 5.41 Å². The summed E-state index contributed by atoms with van der Waals surface area (Å²) >= 11 is 11.8. The van der Waals surface area contributed by atoms with Crippen molar-refractivity contribution in [1.82, 2.24) is 4.98 Å². The number of halogens is 2. The molecule has 2 aromatic carbocycles. The van der Waals surface area contributed by atoms with Gasteiger partial charge in [-0.15, -0.1) is 0 Å². The van der Waals surface area contributed by atoms with Crippen LogP contribution in [-0.4, -0.2) is 27.5 Å². The number of benzene rings is 2. The summed E-state index contributed by atoms with van der Waals surface area (Å²) in [6.45, 7) is 1.66. The molecule has 31 heavy (non-hydrogen) atoms. The van der Waals surface area contributed by atoms with Crippen molar-refractivity contribution in [2.24, 2.45) is 0 Å². The van der Waals surface area contributed by atoms with Gasteiger partial charge in [0, 0.05) is 40.0 Å². The molecule has 1 aromatic heterocycles. The van der Waals surface area contributed by atoms with Gasteiger partial charge >= 0.3 is 0 Å². The number of aromatic nitrogens is 1. The lowest BCUT2D eigenvalue weighted by atomic mass is 9.96. The molecule has 1 amide bonds. The van der Waals surface area contributed by atoms with Crippen molar-refractivity contribution in [3.63, 3.8) is 0 Å². The Morgan fingerprint density at radius 2 is 1.68 bits per heavy atom. The second-order valence-corrected chi connectivity index (χ2v) is 7.44. The number of phenols is 1. The van der Waals surface area contributed by atoms with Crippen molar-refractivity contribution in [2.75, 3.05) is 5.32 Å². The number of pyridine rings is 1. The predicted octanol–water partition coefficient (Wildman–Crippen LogP) is 5.80. The molecule has 0 atom stereocenters. The van der Waals surface area contributed by atoms with E-state index < -0.39 is 5.91 Å². The molecular formula is C23H21Cl2N3O3. The van der Waals surface area contributed by atoms with Crippen LogP contribution in [0.2, 0.25) is 10.0 Å². The van der Waals surface area contributed by atoms with Gasteiger partial charge in [-0.25, -0.2) is 4.98 Å². The van der Waals surface area contributed by atoms with E-state index in [0.29, 0.717) is 21.9 Å². The highest BCUT2D eigenvalue weighted by molar-refractivity contribution is 6.31. The molecule has 3 aromatic rings. The summed E-state index contributed by atoms with van der Waals surface area (Å²) in [6.07, 6.45) is 1.18. The summed E-state index contributed by atoms with van der Waals surface area (Å²) in [4.78, 5) is 29.5. The number of carbonyl (C=O) groups excluding carboxylic acids is 2. The van der Waals surface area contributed by atoms with Gasteiger partial charge in [-0.3, -0.25) is 9.59 Å². The molecular weight excluding hydrogens is 437 g/mol. The summed E-state index contributed by atoms with van der Waals surface area (Å²) in [5.74, 6) is -0.851. The molecule has 160 valence electrons. The van der Waals surface area contributed by atoms with Crippen LogP contribution in [0.25, 0.3) is 0 Å². The number of nitrogens with zero attached hydrogens (tertiary/aromatic N) is 1. The first-order valence-corrected chi connectivity index (χ1v) is 9.63. The largest absolute Gasteiger partial charge is 0.508 e. The average molecular weight is 458 g/mol. The lowest BCUT2D eigenvalue weighted by molar-refractivity contribution is 0.0991. The maximum Gasteiger partial charge on any atom is 0.257 e. The molecule has 6 nitrogen and oxygen atoms in total. The Kier molecular flexibility index (Phi) is 7.91. The molecule has 0 aliphatic rings. The zero-order valence-corrected chi connectivity index (χ0v) is 17.4. The van der Waals surface area contributed by atoms with Gasteiger partial charge in [0.25, 0.3) is 5.91 Å². The number of ketones is 1. The molecule has 0 saturated heterocycles. The smallest absolute Gasteiger partial charge is 0.257 e. The molecule has 0 fully saturated rings. The van der Waals surface area contributed by atoms with E-state index in [4.69, 9.17) is 28.6 Å². The highest BCUT2D eigenvalue weighted by atomic mass is 35.5. The third-order valence-corrected chi connectivity index (χ3v) is 4.82. The normalized spacial score (nSPS) is 10.2. The van der Waals surface area contributed by atoms with Crippen LogP contribution < -0.4 is 5.32 Å². The van der Waals surface area contributed by atoms with Crippen LogP contribution in [0.15, 0.2) is 54.7 Å². The minimum absolute atomic E-state index is 0. The first-order chi connectivity index (χ1) is 14.2. The Balaban J connectivity index is 0.00000341. The second-order valence-electron chi connectivity index (χ2n) is 6.57. The second kappa shape index (κ2) is 10.2. The number of hydrogen-bond acceptors (Lipinski definition) is 5. The van der Waals surface area contributed by atoms with Crippen LogP contribution in [-0.2, 0) is 6.42 Å². The molecule has 0 spiro atoms. The highest BCUT2D eigenvalue weighted by Crippen LogP contribution is 2.29. The van der Waals surface area contributed by atoms with Gasteiger partial charge in [0.2, 0.25) is 0 Å². The first-order valence-electron chi connectivity index (χ1n) is 8.87. The summed E-state index contributed by atoms with van der Waals surface area (Å²) in [5, 5.41) is 21.2. The Bertz CT molecular complexity index is 1130. The van der Waals surface area contributed by atoms with E-state index in [1.54, 1.807) is 37.3 Å². The number of hydrogen-bond donors (Lipinski definition) is 3. The van der Waals surface area contributed by atoms with E-state index in [9.17, 15) is 14.7 Å². The number of Topliss-reactive ketones (excluding diaryl/α,β-unsaturated/α-hetero) is 1. The average Bonchev–Trinajstić information content (AvgIpc) is 2.71. The third kappa shape index (κ3) is 5.90. The predicted molar refractivity (Wildman–Crippen MR) is 124 cm³/mol. The van der Waals surface area contributed by atoms with Crippen molar-refractivity contribution < 1.29 is 14.7 Å². The molecule has 8 heteroatoms. The molecule has 0 radical (unpaired) electrons. The summed E-state index contributed by atoms with van der Waals surface area (Å²) in [5.41, 5.74) is 1.72. The highest BCUT2D eigenvalue weighted by Gasteiger charge is 2.20. The van der Waals surface area contributed by atoms with Gasteiger partial charge in [-0.2, -0.15) is 0 Å². The Labute approximate surface area is 190 Å². The van der Waals surface area contributed by atoms with E-state index in [2.05, 4.69) is 10.3 Å². The van der Waals surface area contributed by atoms with Crippen molar-refractivity contribution >= 4 is 46.4 Å². The van der Waals surface area contributed by atoms with E-state index in [1.165, 1.54) is 24.4 Å². The number of anilines is 1. The number of carbonyl (C=O) groups is 2. The molecule has 3 N–H and O–H groups in total.